The van der Waals surface area contributed by atoms with Gasteiger partial charge in [-0.15, -0.1) is 11.8 Å². The predicted octanol–water partition coefficient (Wildman–Crippen LogP) is 3.76. The van der Waals surface area contributed by atoms with E-state index in [-0.39, 0.29) is 0 Å². The Kier molecular flexibility index (Phi) is 5.55. The Hall–Kier alpha value is 0.700. The molecule has 1 saturated carbocycles. The first-order valence-electron chi connectivity index (χ1n) is 4.63. The van der Waals surface area contributed by atoms with Crippen molar-refractivity contribution in [3.8, 4) is 0 Å². The average Bonchev–Trinajstić information content (AvgIpc) is 2.07. The quantitative estimate of drug-likeness (QED) is 0.489. The number of thioether (sulfide) groups is 2. The van der Waals surface area contributed by atoms with Crippen molar-refractivity contribution >= 4 is 23.5 Å². The molecule has 0 aromatic heterocycles. The molecule has 0 unspecified atom stereocenters. The van der Waals surface area contributed by atoms with E-state index in [2.05, 4.69) is 30.4 Å². The molecule has 11 heavy (non-hydrogen) atoms. The summed E-state index contributed by atoms with van der Waals surface area (Å²) in [4.78, 5) is 0. The third kappa shape index (κ3) is 4.32. The minimum Gasteiger partial charge on any atom is -0.151 e. The fraction of sp³-hybridized carbons (Fsp3) is 1.00. The van der Waals surface area contributed by atoms with Crippen LogP contribution >= 0.6 is 23.5 Å². The molecule has 0 amide bonds. The van der Waals surface area contributed by atoms with Gasteiger partial charge in [-0.1, -0.05) is 26.2 Å². The second-order valence-electron chi connectivity index (χ2n) is 3.04. The predicted molar refractivity (Wildman–Crippen MR) is 57.5 cm³/mol. The van der Waals surface area contributed by atoms with Crippen LogP contribution in [0.1, 0.15) is 39.0 Å². The fourth-order valence-corrected chi connectivity index (χ4v) is 3.95. The molecule has 1 aliphatic rings. The Morgan fingerprint density at radius 2 is 1.91 bits per heavy atom. The first-order valence-corrected chi connectivity index (χ1v) is 6.83. The Balaban J connectivity index is 1.96. The van der Waals surface area contributed by atoms with Crippen LogP contribution in [-0.4, -0.2) is 16.1 Å². The lowest BCUT2D eigenvalue weighted by Crippen LogP contribution is -2.07. The summed E-state index contributed by atoms with van der Waals surface area (Å²) in [5, 5.41) is 2.32. The van der Waals surface area contributed by atoms with Crippen molar-refractivity contribution in [3.05, 3.63) is 0 Å². The second-order valence-corrected chi connectivity index (χ2v) is 5.97. The molecule has 0 aromatic carbocycles. The molecule has 0 spiro atoms. The van der Waals surface area contributed by atoms with E-state index in [1.807, 2.05) is 0 Å². The number of rotatable bonds is 4. The van der Waals surface area contributed by atoms with E-state index in [1.54, 1.807) is 0 Å². The molecule has 0 bridgehead atoms. The van der Waals surface area contributed by atoms with Gasteiger partial charge in [0.15, 0.2) is 0 Å². The van der Waals surface area contributed by atoms with Gasteiger partial charge in [0, 0.05) is 10.3 Å². The highest BCUT2D eigenvalue weighted by molar-refractivity contribution is 8.16. The van der Waals surface area contributed by atoms with Crippen molar-refractivity contribution in [1.29, 1.82) is 0 Å². The molecule has 0 atom stereocenters. The van der Waals surface area contributed by atoms with Crippen molar-refractivity contribution in [2.45, 2.75) is 44.3 Å². The van der Waals surface area contributed by atoms with Crippen LogP contribution in [0.15, 0.2) is 0 Å². The van der Waals surface area contributed by atoms with Gasteiger partial charge >= 0.3 is 0 Å². The lowest BCUT2D eigenvalue weighted by atomic mass is 10.0. The van der Waals surface area contributed by atoms with Gasteiger partial charge in [-0.05, 0) is 18.6 Å². The summed E-state index contributed by atoms with van der Waals surface area (Å²) in [6.45, 7) is 2.24. The second kappa shape index (κ2) is 6.24. The van der Waals surface area contributed by atoms with Crippen molar-refractivity contribution < 1.29 is 0 Å². The zero-order valence-corrected chi connectivity index (χ0v) is 8.98. The molecule has 1 aliphatic carbocycles. The van der Waals surface area contributed by atoms with Gasteiger partial charge in [0.25, 0.3) is 0 Å². The standard InChI is InChI=1S/C9H18S2/c1-2-10-8-11-9-6-4-3-5-7-9/h9H,2-8H2,1H3. The topological polar surface area (TPSA) is 0 Å². The highest BCUT2D eigenvalue weighted by atomic mass is 32.2. The van der Waals surface area contributed by atoms with Crippen LogP contribution in [0.3, 0.4) is 0 Å². The van der Waals surface area contributed by atoms with E-state index in [1.165, 1.54) is 42.9 Å². The van der Waals surface area contributed by atoms with Gasteiger partial charge < -0.3 is 0 Å². The molecule has 0 aliphatic heterocycles. The van der Waals surface area contributed by atoms with Crippen LogP contribution < -0.4 is 0 Å². The fourth-order valence-electron chi connectivity index (χ4n) is 1.46. The maximum atomic E-state index is 2.24. The molecule has 1 rings (SSSR count). The van der Waals surface area contributed by atoms with Crippen LogP contribution in [0.2, 0.25) is 0 Å². The maximum absolute atomic E-state index is 2.24. The minimum absolute atomic E-state index is 1.00. The van der Waals surface area contributed by atoms with Crippen molar-refractivity contribution in [1.82, 2.24) is 0 Å². The van der Waals surface area contributed by atoms with E-state index in [0.717, 1.165) is 5.25 Å². The molecule has 0 radical (unpaired) electrons. The third-order valence-electron chi connectivity index (χ3n) is 2.14. The number of hydrogen-bond donors (Lipinski definition) is 0. The van der Waals surface area contributed by atoms with E-state index in [4.69, 9.17) is 0 Å². The summed E-state index contributed by atoms with van der Waals surface area (Å²) in [6, 6.07) is 0. The minimum atomic E-state index is 1.00. The number of hydrogen-bond acceptors (Lipinski definition) is 2. The van der Waals surface area contributed by atoms with Crippen molar-refractivity contribution in [3.63, 3.8) is 0 Å². The molecule has 0 heterocycles. The Bertz CT molecular complexity index is 87.6. The maximum Gasteiger partial charge on any atom is 0.0394 e. The molecule has 0 N–H and O–H groups in total. The van der Waals surface area contributed by atoms with Gasteiger partial charge in [0.2, 0.25) is 0 Å². The monoisotopic (exact) mass is 190 g/mol. The van der Waals surface area contributed by atoms with Gasteiger partial charge in [-0.2, -0.15) is 11.8 Å². The first kappa shape index (κ1) is 9.79. The highest BCUT2D eigenvalue weighted by Crippen LogP contribution is 2.29. The zero-order valence-electron chi connectivity index (χ0n) is 7.34. The first-order chi connectivity index (χ1) is 5.43. The Morgan fingerprint density at radius 3 is 2.55 bits per heavy atom. The Morgan fingerprint density at radius 1 is 1.18 bits per heavy atom. The summed E-state index contributed by atoms with van der Waals surface area (Å²) >= 11 is 4.25. The summed E-state index contributed by atoms with van der Waals surface area (Å²) in [7, 11) is 0. The van der Waals surface area contributed by atoms with E-state index < -0.39 is 0 Å². The lowest BCUT2D eigenvalue weighted by Gasteiger charge is -2.20. The molecule has 0 saturated heterocycles. The van der Waals surface area contributed by atoms with Crippen LogP contribution in [0.4, 0.5) is 0 Å². The normalized spacial score (nSPS) is 20.5. The van der Waals surface area contributed by atoms with Crippen LogP contribution in [-0.2, 0) is 0 Å². The summed E-state index contributed by atoms with van der Waals surface area (Å²) in [5.74, 6) is 1.28. The smallest absolute Gasteiger partial charge is 0.0394 e. The summed E-state index contributed by atoms with van der Waals surface area (Å²) < 4.78 is 0. The van der Waals surface area contributed by atoms with Crippen molar-refractivity contribution in [2.24, 2.45) is 0 Å². The van der Waals surface area contributed by atoms with Gasteiger partial charge in [0.05, 0.1) is 0 Å². The SMILES string of the molecule is CCSCSC1CCCCC1. The van der Waals surface area contributed by atoms with Gasteiger partial charge in [0.1, 0.15) is 0 Å². The lowest BCUT2D eigenvalue weighted by molar-refractivity contribution is 0.516. The van der Waals surface area contributed by atoms with E-state index >= 15 is 0 Å². The Labute approximate surface area is 78.9 Å². The van der Waals surface area contributed by atoms with E-state index in [9.17, 15) is 0 Å². The molecule has 1 fully saturated rings. The summed E-state index contributed by atoms with van der Waals surface area (Å²) in [6.07, 6.45) is 7.41. The molecular formula is C9H18S2. The largest absolute Gasteiger partial charge is 0.151 e. The van der Waals surface area contributed by atoms with Gasteiger partial charge in [-0.3, -0.25) is 0 Å². The van der Waals surface area contributed by atoms with Gasteiger partial charge in [-0.25, -0.2) is 0 Å². The average molecular weight is 190 g/mol. The van der Waals surface area contributed by atoms with E-state index in [0.29, 0.717) is 0 Å². The third-order valence-corrected chi connectivity index (χ3v) is 4.71. The van der Waals surface area contributed by atoms with Crippen molar-refractivity contribution in [2.75, 3.05) is 10.8 Å². The molecule has 0 nitrogen and oxygen atoms in total. The highest BCUT2D eigenvalue weighted by Gasteiger charge is 2.12. The van der Waals surface area contributed by atoms with Crippen LogP contribution in [0, 0.1) is 0 Å². The molecule has 2 heteroatoms. The molecule has 66 valence electrons. The van der Waals surface area contributed by atoms with Crippen LogP contribution in [0.5, 0.6) is 0 Å². The summed E-state index contributed by atoms with van der Waals surface area (Å²) in [5.41, 5.74) is 0. The van der Waals surface area contributed by atoms with Crippen LogP contribution in [0.25, 0.3) is 0 Å². The molecule has 0 aromatic rings. The molecular weight excluding hydrogens is 172 g/mol. The zero-order chi connectivity index (χ0) is 7.94.